The number of piperazine rings is 1. The highest BCUT2D eigenvalue weighted by Gasteiger charge is 2.36. The van der Waals surface area contributed by atoms with Crippen LogP contribution in [0.15, 0.2) is 30.5 Å². The minimum absolute atomic E-state index is 0.00951. The fourth-order valence-corrected chi connectivity index (χ4v) is 3.71. The van der Waals surface area contributed by atoms with E-state index in [1.54, 1.807) is 22.8 Å². The van der Waals surface area contributed by atoms with Crippen LogP contribution >= 0.6 is 0 Å². The smallest absolute Gasteiger partial charge is 0.258 e. The standard InChI is InChI=1S/C21H28N4O2/c1-5-6-9-18-12-24(17-10-7-8-15(2)11-17)20(26)14-25(18)21(27)19-13-23(4)22-16(19)3/h7-8,10-11,13,18H,5-6,9,12,14H2,1-4H3/t18-/m1/s1. The van der Waals surface area contributed by atoms with Crippen LogP contribution in [0, 0.1) is 13.8 Å². The van der Waals surface area contributed by atoms with Crippen molar-refractivity contribution in [3.05, 3.63) is 47.3 Å². The van der Waals surface area contributed by atoms with Crippen LogP contribution in [0.4, 0.5) is 5.69 Å². The lowest BCUT2D eigenvalue weighted by molar-refractivity contribution is -0.121. The van der Waals surface area contributed by atoms with Crippen molar-refractivity contribution in [1.29, 1.82) is 0 Å². The molecule has 1 fully saturated rings. The molecule has 0 spiro atoms. The number of aromatic nitrogens is 2. The Hall–Kier alpha value is -2.63. The van der Waals surface area contributed by atoms with E-state index in [0.717, 1.165) is 30.5 Å². The molecular weight excluding hydrogens is 340 g/mol. The molecule has 1 aliphatic heterocycles. The van der Waals surface area contributed by atoms with Gasteiger partial charge in [0.05, 0.1) is 17.3 Å². The van der Waals surface area contributed by atoms with E-state index in [1.165, 1.54) is 0 Å². The summed E-state index contributed by atoms with van der Waals surface area (Å²) < 4.78 is 1.65. The Morgan fingerprint density at radius 3 is 2.70 bits per heavy atom. The first-order chi connectivity index (χ1) is 12.9. The fraction of sp³-hybridized carbons (Fsp3) is 0.476. The minimum Gasteiger partial charge on any atom is -0.324 e. The highest BCUT2D eigenvalue weighted by atomic mass is 16.2. The first-order valence-electron chi connectivity index (χ1n) is 9.59. The van der Waals surface area contributed by atoms with Gasteiger partial charge in [-0.3, -0.25) is 14.3 Å². The van der Waals surface area contributed by atoms with Crippen LogP contribution in [0.5, 0.6) is 0 Å². The zero-order valence-corrected chi connectivity index (χ0v) is 16.6. The number of rotatable bonds is 5. The molecule has 27 heavy (non-hydrogen) atoms. The zero-order chi connectivity index (χ0) is 19.6. The lowest BCUT2D eigenvalue weighted by atomic mass is 10.0. The molecule has 0 unspecified atom stereocenters. The highest BCUT2D eigenvalue weighted by molar-refractivity contribution is 6.02. The van der Waals surface area contributed by atoms with Crippen molar-refractivity contribution in [2.24, 2.45) is 7.05 Å². The molecule has 0 aliphatic carbocycles. The third-order valence-corrected chi connectivity index (χ3v) is 5.15. The van der Waals surface area contributed by atoms with E-state index in [0.29, 0.717) is 17.8 Å². The molecule has 2 amide bonds. The van der Waals surface area contributed by atoms with Gasteiger partial charge in [0, 0.05) is 25.5 Å². The number of hydrogen-bond donors (Lipinski definition) is 0. The molecule has 0 radical (unpaired) electrons. The first-order valence-corrected chi connectivity index (χ1v) is 9.59. The second kappa shape index (κ2) is 7.94. The molecule has 1 aromatic heterocycles. The van der Waals surface area contributed by atoms with Crippen LogP contribution in [-0.4, -0.2) is 45.6 Å². The largest absolute Gasteiger partial charge is 0.324 e. The number of benzene rings is 1. The highest BCUT2D eigenvalue weighted by Crippen LogP contribution is 2.25. The second-order valence-electron chi connectivity index (χ2n) is 7.37. The molecule has 2 heterocycles. The molecule has 6 nitrogen and oxygen atoms in total. The van der Waals surface area contributed by atoms with Gasteiger partial charge in [-0.2, -0.15) is 5.10 Å². The number of amides is 2. The van der Waals surface area contributed by atoms with Gasteiger partial charge in [-0.15, -0.1) is 0 Å². The Bertz CT molecular complexity index is 842. The van der Waals surface area contributed by atoms with Crippen molar-refractivity contribution < 1.29 is 9.59 Å². The van der Waals surface area contributed by atoms with E-state index in [-0.39, 0.29) is 24.4 Å². The molecule has 3 rings (SSSR count). The van der Waals surface area contributed by atoms with E-state index < -0.39 is 0 Å². The summed E-state index contributed by atoms with van der Waals surface area (Å²) in [5.74, 6) is -0.137. The van der Waals surface area contributed by atoms with E-state index in [2.05, 4.69) is 12.0 Å². The molecule has 2 aromatic rings. The minimum atomic E-state index is -0.0982. The Balaban J connectivity index is 1.87. The summed E-state index contributed by atoms with van der Waals surface area (Å²) in [6.07, 6.45) is 4.71. The summed E-state index contributed by atoms with van der Waals surface area (Å²) in [6, 6.07) is 7.99. The summed E-state index contributed by atoms with van der Waals surface area (Å²) in [4.78, 5) is 29.6. The topological polar surface area (TPSA) is 58.4 Å². The summed E-state index contributed by atoms with van der Waals surface area (Å²) in [6.45, 7) is 6.64. The van der Waals surface area contributed by atoms with Gasteiger partial charge in [0.2, 0.25) is 5.91 Å². The van der Waals surface area contributed by atoms with Gasteiger partial charge in [-0.05, 0) is 38.0 Å². The van der Waals surface area contributed by atoms with Crippen LogP contribution in [0.1, 0.15) is 47.8 Å². The van der Waals surface area contributed by atoms with E-state index in [4.69, 9.17) is 0 Å². The van der Waals surface area contributed by atoms with Crippen molar-refractivity contribution in [3.8, 4) is 0 Å². The van der Waals surface area contributed by atoms with Gasteiger partial charge >= 0.3 is 0 Å². The summed E-state index contributed by atoms with van der Waals surface area (Å²) in [7, 11) is 1.80. The maximum atomic E-state index is 13.2. The average Bonchev–Trinajstić information content (AvgIpc) is 2.98. The summed E-state index contributed by atoms with van der Waals surface area (Å²) in [5, 5.41) is 4.28. The molecule has 0 saturated carbocycles. The Morgan fingerprint density at radius 1 is 1.30 bits per heavy atom. The maximum Gasteiger partial charge on any atom is 0.258 e. The van der Waals surface area contributed by atoms with Crippen molar-refractivity contribution in [2.45, 2.75) is 46.1 Å². The Morgan fingerprint density at radius 2 is 2.07 bits per heavy atom. The number of anilines is 1. The van der Waals surface area contributed by atoms with Gasteiger partial charge in [0.1, 0.15) is 6.54 Å². The van der Waals surface area contributed by atoms with E-state index in [1.807, 2.05) is 43.0 Å². The molecular formula is C21H28N4O2. The number of hydrogen-bond acceptors (Lipinski definition) is 3. The summed E-state index contributed by atoms with van der Waals surface area (Å²) >= 11 is 0. The van der Waals surface area contributed by atoms with Crippen LogP contribution < -0.4 is 4.90 Å². The maximum absolute atomic E-state index is 13.2. The van der Waals surface area contributed by atoms with E-state index >= 15 is 0 Å². The van der Waals surface area contributed by atoms with E-state index in [9.17, 15) is 9.59 Å². The molecule has 144 valence electrons. The van der Waals surface area contributed by atoms with Gasteiger partial charge in [-0.25, -0.2) is 0 Å². The predicted octanol–water partition coefficient (Wildman–Crippen LogP) is 3.08. The SMILES string of the molecule is CCCC[C@@H]1CN(c2cccc(C)c2)C(=O)CN1C(=O)c1cn(C)nc1C. The number of unbranched alkanes of at least 4 members (excludes halogenated alkanes) is 1. The Labute approximate surface area is 160 Å². The van der Waals surface area contributed by atoms with Gasteiger partial charge < -0.3 is 9.80 Å². The zero-order valence-electron chi connectivity index (χ0n) is 16.6. The number of aryl methyl sites for hydroxylation is 3. The number of carbonyl (C=O) groups excluding carboxylic acids is 2. The quantitative estimate of drug-likeness (QED) is 0.815. The Kier molecular flexibility index (Phi) is 5.63. The van der Waals surface area contributed by atoms with Crippen molar-refractivity contribution in [1.82, 2.24) is 14.7 Å². The molecule has 0 bridgehead atoms. The second-order valence-corrected chi connectivity index (χ2v) is 7.37. The molecule has 1 atom stereocenters. The third-order valence-electron chi connectivity index (χ3n) is 5.15. The molecule has 6 heteroatoms. The van der Waals surface area contributed by atoms with Gasteiger partial charge in [-0.1, -0.05) is 31.9 Å². The lowest BCUT2D eigenvalue weighted by Crippen LogP contribution is -2.58. The molecule has 1 aliphatic rings. The third kappa shape index (κ3) is 4.04. The van der Waals surface area contributed by atoms with Crippen molar-refractivity contribution in [3.63, 3.8) is 0 Å². The van der Waals surface area contributed by atoms with Crippen LogP contribution in [0.3, 0.4) is 0 Å². The van der Waals surface area contributed by atoms with Crippen LogP contribution in [0.2, 0.25) is 0 Å². The predicted molar refractivity (Wildman–Crippen MR) is 106 cm³/mol. The molecule has 1 aromatic carbocycles. The van der Waals surface area contributed by atoms with Gasteiger partial charge in [0.15, 0.2) is 0 Å². The fourth-order valence-electron chi connectivity index (χ4n) is 3.71. The normalized spacial score (nSPS) is 17.5. The monoisotopic (exact) mass is 368 g/mol. The van der Waals surface area contributed by atoms with Crippen LogP contribution in [-0.2, 0) is 11.8 Å². The van der Waals surface area contributed by atoms with Crippen LogP contribution in [0.25, 0.3) is 0 Å². The molecule has 1 saturated heterocycles. The number of carbonyl (C=O) groups is 2. The number of nitrogens with zero attached hydrogens (tertiary/aromatic N) is 4. The molecule has 0 N–H and O–H groups in total. The lowest BCUT2D eigenvalue weighted by Gasteiger charge is -2.41. The average molecular weight is 368 g/mol. The van der Waals surface area contributed by atoms with Gasteiger partial charge in [0.25, 0.3) is 5.91 Å². The van der Waals surface area contributed by atoms with Crippen molar-refractivity contribution in [2.75, 3.05) is 18.0 Å². The van der Waals surface area contributed by atoms with Crippen molar-refractivity contribution >= 4 is 17.5 Å². The summed E-state index contributed by atoms with van der Waals surface area (Å²) in [5.41, 5.74) is 3.31. The first kappa shape index (κ1) is 19.1.